The molecule has 0 fully saturated rings. The summed E-state index contributed by atoms with van der Waals surface area (Å²) in [4.78, 5) is 0. The molecule has 0 saturated heterocycles. The third-order valence-electron chi connectivity index (χ3n) is 4.60. The van der Waals surface area contributed by atoms with Gasteiger partial charge in [0, 0.05) is 0 Å². The Labute approximate surface area is 156 Å². The molecule has 0 unspecified atom stereocenters. The maximum atomic E-state index is 4.32. The Hall–Kier alpha value is -2.69. The van der Waals surface area contributed by atoms with E-state index in [1.165, 1.54) is 32.2 Å². The molecule has 0 nitrogen and oxygen atoms in total. The second-order valence-electron chi connectivity index (χ2n) is 6.47. The Balaban J connectivity index is 2.03. The zero-order valence-electron chi connectivity index (χ0n) is 14.9. The number of rotatable bonds is 4. The Kier molecular flexibility index (Phi) is 4.69. The fourth-order valence-corrected chi connectivity index (χ4v) is 6.03. The maximum Gasteiger partial charge on any atom is -0.00697 e. The zero-order valence-corrected chi connectivity index (χ0v) is 15.8. The molecule has 0 saturated carbocycles. The normalized spacial score (nSPS) is 11.0. The SMILES string of the molecule is C=C(C)c1c(P(c2ccccc2)c2ccccc2)ccc2ccccc12. The van der Waals surface area contributed by atoms with Gasteiger partial charge < -0.3 is 0 Å². The van der Waals surface area contributed by atoms with Crippen LogP contribution < -0.4 is 15.9 Å². The van der Waals surface area contributed by atoms with Gasteiger partial charge in [-0.25, -0.2) is 0 Å². The van der Waals surface area contributed by atoms with Crippen LogP contribution in [0.2, 0.25) is 0 Å². The van der Waals surface area contributed by atoms with Crippen molar-refractivity contribution in [1.29, 1.82) is 0 Å². The van der Waals surface area contributed by atoms with Gasteiger partial charge in [0.25, 0.3) is 0 Å². The van der Waals surface area contributed by atoms with Crippen molar-refractivity contribution in [2.24, 2.45) is 0 Å². The van der Waals surface area contributed by atoms with E-state index >= 15 is 0 Å². The van der Waals surface area contributed by atoms with Crippen molar-refractivity contribution in [3.8, 4) is 0 Å². The van der Waals surface area contributed by atoms with Crippen LogP contribution in [0.4, 0.5) is 0 Å². The molecule has 0 aromatic heterocycles. The molecule has 0 amide bonds. The lowest BCUT2D eigenvalue weighted by atomic mass is 10.00. The first-order valence-corrected chi connectivity index (χ1v) is 10.2. The number of hydrogen-bond acceptors (Lipinski definition) is 0. The first-order valence-electron chi connectivity index (χ1n) is 8.83. The summed E-state index contributed by atoms with van der Waals surface area (Å²) in [6.07, 6.45) is 0. The lowest BCUT2D eigenvalue weighted by Gasteiger charge is -2.23. The molecule has 0 radical (unpaired) electrons. The van der Waals surface area contributed by atoms with E-state index in [1.807, 2.05) is 0 Å². The minimum atomic E-state index is -0.633. The second kappa shape index (κ2) is 7.28. The van der Waals surface area contributed by atoms with Gasteiger partial charge in [-0.2, -0.15) is 0 Å². The van der Waals surface area contributed by atoms with Gasteiger partial charge in [-0.3, -0.25) is 0 Å². The van der Waals surface area contributed by atoms with Crippen LogP contribution in [0, 0.1) is 0 Å². The maximum absolute atomic E-state index is 4.32. The summed E-state index contributed by atoms with van der Waals surface area (Å²) in [6.45, 7) is 6.44. The van der Waals surface area contributed by atoms with Crippen LogP contribution in [-0.4, -0.2) is 0 Å². The quantitative estimate of drug-likeness (QED) is 0.418. The highest BCUT2D eigenvalue weighted by Crippen LogP contribution is 2.37. The molecule has 126 valence electrons. The van der Waals surface area contributed by atoms with Gasteiger partial charge in [-0.05, 0) is 52.7 Å². The van der Waals surface area contributed by atoms with Crippen LogP contribution in [0.5, 0.6) is 0 Å². The zero-order chi connectivity index (χ0) is 17.9. The molecule has 4 aromatic rings. The summed E-state index contributed by atoms with van der Waals surface area (Å²) in [5, 5.41) is 6.67. The summed E-state index contributed by atoms with van der Waals surface area (Å²) in [7, 11) is -0.633. The Morgan fingerprint density at radius 2 is 1.19 bits per heavy atom. The molecule has 0 aliphatic carbocycles. The first kappa shape index (κ1) is 16.8. The molecule has 0 spiro atoms. The van der Waals surface area contributed by atoms with Gasteiger partial charge >= 0.3 is 0 Å². The highest BCUT2D eigenvalue weighted by atomic mass is 31.1. The molecule has 0 atom stereocenters. The minimum Gasteiger partial charge on any atom is -0.0955 e. The number of fused-ring (bicyclic) bond motifs is 1. The fraction of sp³-hybridized carbons (Fsp3) is 0.0400. The molecular formula is C25H21P. The van der Waals surface area contributed by atoms with E-state index in [9.17, 15) is 0 Å². The van der Waals surface area contributed by atoms with E-state index < -0.39 is 7.92 Å². The summed E-state index contributed by atoms with van der Waals surface area (Å²) in [5.41, 5.74) is 2.41. The van der Waals surface area contributed by atoms with E-state index in [-0.39, 0.29) is 0 Å². The third-order valence-corrected chi connectivity index (χ3v) is 7.09. The first-order chi connectivity index (χ1) is 12.8. The second-order valence-corrected chi connectivity index (χ2v) is 8.65. The van der Waals surface area contributed by atoms with Crippen molar-refractivity contribution in [3.63, 3.8) is 0 Å². The standard InChI is InChI=1S/C25H21P/c1-19(2)25-23-16-10-9-11-20(23)17-18-24(25)26(21-12-5-3-6-13-21)22-14-7-4-8-15-22/h3-18H,1H2,2H3. The summed E-state index contributed by atoms with van der Waals surface area (Å²) >= 11 is 0. The number of hydrogen-bond donors (Lipinski definition) is 0. The predicted molar refractivity (Wildman–Crippen MR) is 117 cm³/mol. The molecule has 4 rings (SSSR count). The van der Waals surface area contributed by atoms with Gasteiger partial charge in [-0.1, -0.05) is 104 Å². The number of benzene rings is 4. The van der Waals surface area contributed by atoms with Crippen molar-refractivity contribution in [3.05, 3.63) is 109 Å². The number of allylic oxidation sites excluding steroid dienone is 1. The molecule has 4 aromatic carbocycles. The van der Waals surface area contributed by atoms with Crippen LogP contribution in [0.25, 0.3) is 16.3 Å². The van der Waals surface area contributed by atoms with Crippen molar-refractivity contribution in [1.82, 2.24) is 0 Å². The molecule has 0 heterocycles. The highest BCUT2D eigenvalue weighted by Gasteiger charge is 2.21. The van der Waals surface area contributed by atoms with Crippen LogP contribution >= 0.6 is 7.92 Å². The average Bonchev–Trinajstić information content (AvgIpc) is 2.69. The van der Waals surface area contributed by atoms with E-state index in [1.54, 1.807) is 0 Å². The predicted octanol–water partition coefficient (Wildman–Crippen LogP) is 5.63. The van der Waals surface area contributed by atoms with Gasteiger partial charge in [0.05, 0.1) is 0 Å². The molecule has 1 heteroatoms. The molecule has 0 aliphatic heterocycles. The van der Waals surface area contributed by atoms with Gasteiger partial charge in [0.2, 0.25) is 0 Å². The highest BCUT2D eigenvalue weighted by molar-refractivity contribution is 7.80. The molecule has 26 heavy (non-hydrogen) atoms. The third kappa shape index (κ3) is 3.09. The molecule has 0 aliphatic rings. The minimum absolute atomic E-state index is 0.633. The van der Waals surface area contributed by atoms with Crippen LogP contribution in [-0.2, 0) is 0 Å². The smallest absolute Gasteiger partial charge is 0.00697 e. The largest absolute Gasteiger partial charge is 0.0955 e. The van der Waals surface area contributed by atoms with Crippen molar-refractivity contribution in [2.75, 3.05) is 0 Å². The van der Waals surface area contributed by atoms with Gasteiger partial charge in [-0.15, -0.1) is 0 Å². The van der Waals surface area contributed by atoms with E-state index in [0.29, 0.717) is 0 Å². The Morgan fingerprint density at radius 3 is 1.77 bits per heavy atom. The van der Waals surface area contributed by atoms with Gasteiger partial charge in [0.15, 0.2) is 0 Å². The topological polar surface area (TPSA) is 0 Å². The summed E-state index contributed by atoms with van der Waals surface area (Å²) < 4.78 is 0. The lowest BCUT2D eigenvalue weighted by molar-refractivity contribution is 1.67. The molecule has 0 bridgehead atoms. The van der Waals surface area contributed by atoms with E-state index in [0.717, 1.165) is 5.57 Å². The monoisotopic (exact) mass is 352 g/mol. The Morgan fingerprint density at radius 1 is 0.654 bits per heavy atom. The van der Waals surface area contributed by atoms with Crippen molar-refractivity contribution < 1.29 is 0 Å². The Bertz CT molecular complexity index is 1010. The average molecular weight is 352 g/mol. The van der Waals surface area contributed by atoms with Crippen LogP contribution in [0.1, 0.15) is 12.5 Å². The molecular weight excluding hydrogens is 331 g/mol. The van der Waals surface area contributed by atoms with Crippen LogP contribution in [0.3, 0.4) is 0 Å². The van der Waals surface area contributed by atoms with Crippen LogP contribution in [0.15, 0.2) is 104 Å². The van der Waals surface area contributed by atoms with E-state index in [4.69, 9.17) is 0 Å². The summed E-state index contributed by atoms with van der Waals surface area (Å²) in [6, 6.07) is 34.9. The summed E-state index contributed by atoms with van der Waals surface area (Å²) in [5.74, 6) is 0. The van der Waals surface area contributed by atoms with Crippen molar-refractivity contribution in [2.45, 2.75) is 6.92 Å². The molecule has 0 N–H and O–H groups in total. The fourth-order valence-electron chi connectivity index (χ4n) is 3.48. The lowest BCUT2D eigenvalue weighted by Crippen LogP contribution is -2.23. The van der Waals surface area contributed by atoms with Gasteiger partial charge in [0.1, 0.15) is 0 Å². The van der Waals surface area contributed by atoms with Crippen molar-refractivity contribution >= 4 is 40.2 Å². The van der Waals surface area contributed by atoms with E-state index in [2.05, 4.69) is 111 Å².